The molecule has 3 aromatic carbocycles. The van der Waals surface area contributed by atoms with E-state index >= 15 is 0 Å². The lowest BCUT2D eigenvalue weighted by Crippen LogP contribution is -2.25. The first-order valence-corrected chi connectivity index (χ1v) is 11.5. The van der Waals surface area contributed by atoms with Crippen molar-refractivity contribution < 1.29 is 9.59 Å². The first-order chi connectivity index (χ1) is 15.6. The van der Waals surface area contributed by atoms with Gasteiger partial charge in [0.1, 0.15) is 0 Å². The third kappa shape index (κ3) is 5.35. The molecular formula is C27H31N3O2. The summed E-state index contributed by atoms with van der Waals surface area (Å²) in [4.78, 5) is 27.8. The van der Waals surface area contributed by atoms with Gasteiger partial charge in [-0.1, -0.05) is 62.4 Å². The first-order valence-electron chi connectivity index (χ1n) is 11.5. The van der Waals surface area contributed by atoms with E-state index in [2.05, 4.69) is 53.6 Å². The van der Waals surface area contributed by atoms with Crippen molar-refractivity contribution in [2.24, 2.45) is 5.92 Å². The Morgan fingerprint density at radius 3 is 2.16 bits per heavy atom. The van der Waals surface area contributed by atoms with Crippen molar-refractivity contribution in [3.63, 3.8) is 0 Å². The fourth-order valence-corrected chi connectivity index (χ4v) is 3.86. The van der Waals surface area contributed by atoms with Crippen LogP contribution in [0.25, 0.3) is 10.8 Å². The quantitative estimate of drug-likeness (QED) is 0.505. The van der Waals surface area contributed by atoms with Gasteiger partial charge in [0.15, 0.2) is 0 Å². The highest BCUT2D eigenvalue weighted by atomic mass is 16.2. The molecule has 2 N–H and O–H groups in total. The summed E-state index contributed by atoms with van der Waals surface area (Å²) in [5.41, 5.74) is 3.39. The number of amides is 2. The molecule has 1 fully saturated rings. The summed E-state index contributed by atoms with van der Waals surface area (Å²) >= 11 is 0. The standard InChI is InChI=1S/C27H31N3O2/c1-3-30(4-2)18-20-11-9-19(10-12-20)17-28-27(32)24-15-22-7-5-6-8-23(22)16-25(24)29-26(31)21-13-14-21/h5-12,15-16,21H,3-4,13-14,17-18H2,1-2H3,(H,28,32)(H,29,31). The molecule has 4 rings (SSSR count). The summed E-state index contributed by atoms with van der Waals surface area (Å²) < 4.78 is 0. The second-order valence-electron chi connectivity index (χ2n) is 8.47. The Morgan fingerprint density at radius 2 is 1.53 bits per heavy atom. The van der Waals surface area contributed by atoms with Gasteiger partial charge in [-0.3, -0.25) is 14.5 Å². The van der Waals surface area contributed by atoms with E-state index in [1.807, 2.05) is 36.4 Å². The van der Waals surface area contributed by atoms with Crippen LogP contribution in [0.1, 0.15) is 48.2 Å². The zero-order chi connectivity index (χ0) is 22.5. The molecule has 0 aromatic heterocycles. The minimum Gasteiger partial charge on any atom is -0.348 e. The zero-order valence-electron chi connectivity index (χ0n) is 18.9. The maximum absolute atomic E-state index is 13.1. The molecule has 0 aliphatic heterocycles. The molecule has 3 aromatic rings. The van der Waals surface area contributed by atoms with Crippen LogP contribution in [-0.4, -0.2) is 29.8 Å². The fraction of sp³-hybridized carbons (Fsp3) is 0.333. The van der Waals surface area contributed by atoms with Crippen molar-refractivity contribution in [2.45, 2.75) is 39.8 Å². The van der Waals surface area contributed by atoms with Crippen LogP contribution in [0.3, 0.4) is 0 Å². The summed E-state index contributed by atoms with van der Waals surface area (Å²) in [5.74, 6) is -0.112. The topological polar surface area (TPSA) is 61.4 Å². The molecule has 0 saturated heterocycles. The number of fused-ring (bicyclic) bond motifs is 1. The second kappa shape index (κ2) is 9.96. The van der Waals surface area contributed by atoms with Crippen LogP contribution in [0.4, 0.5) is 5.69 Å². The van der Waals surface area contributed by atoms with Gasteiger partial charge < -0.3 is 10.6 Å². The normalized spacial score (nSPS) is 13.3. The van der Waals surface area contributed by atoms with Gasteiger partial charge in [-0.05, 0) is 60.0 Å². The molecule has 5 heteroatoms. The van der Waals surface area contributed by atoms with E-state index in [0.717, 1.165) is 48.8 Å². The molecule has 1 saturated carbocycles. The molecule has 32 heavy (non-hydrogen) atoms. The van der Waals surface area contributed by atoms with Crippen LogP contribution in [-0.2, 0) is 17.9 Å². The highest BCUT2D eigenvalue weighted by Crippen LogP contribution is 2.32. The Balaban J connectivity index is 1.47. The highest BCUT2D eigenvalue weighted by molar-refractivity contribution is 6.08. The number of carbonyl (C=O) groups excluding carboxylic acids is 2. The van der Waals surface area contributed by atoms with E-state index < -0.39 is 0 Å². The Bertz CT molecular complexity index is 1100. The Hall–Kier alpha value is -3.18. The molecule has 5 nitrogen and oxygen atoms in total. The average molecular weight is 430 g/mol. The van der Waals surface area contributed by atoms with Crippen molar-refractivity contribution in [1.82, 2.24) is 10.2 Å². The largest absolute Gasteiger partial charge is 0.348 e. The lowest BCUT2D eigenvalue weighted by molar-refractivity contribution is -0.117. The molecule has 0 unspecified atom stereocenters. The molecule has 2 amide bonds. The van der Waals surface area contributed by atoms with Crippen molar-refractivity contribution in [3.8, 4) is 0 Å². The Kier molecular flexibility index (Phi) is 6.86. The molecule has 0 heterocycles. The van der Waals surface area contributed by atoms with Crippen LogP contribution in [0.5, 0.6) is 0 Å². The van der Waals surface area contributed by atoms with Gasteiger partial charge in [0, 0.05) is 19.0 Å². The van der Waals surface area contributed by atoms with Gasteiger partial charge in [-0.2, -0.15) is 0 Å². The van der Waals surface area contributed by atoms with Crippen LogP contribution in [0.15, 0.2) is 60.7 Å². The van der Waals surface area contributed by atoms with Crippen LogP contribution in [0.2, 0.25) is 0 Å². The molecule has 166 valence electrons. The summed E-state index contributed by atoms with van der Waals surface area (Å²) in [6, 6.07) is 20.0. The summed E-state index contributed by atoms with van der Waals surface area (Å²) in [7, 11) is 0. The molecule has 0 radical (unpaired) electrons. The van der Waals surface area contributed by atoms with Gasteiger partial charge in [0.2, 0.25) is 5.91 Å². The minimum absolute atomic E-state index is 0.00174. The van der Waals surface area contributed by atoms with E-state index in [9.17, 15) is 9.59 Å². The Labute approximate surface area is 189 Å². The Morgan fingerprint density at radius 1 is 0.906 bits per heavy atom. The van der Waals surface area contributed by atoms with E-state index in [1.54, 1.807) is 0 Å². The second-order valence-corrected chi connectivity index (χ2v) is 8.47. The number of nitrogens with one attached hydrogen (secondary N) is 2. The summed E-state index contributed by atoms with van der Waals surface area (Å²) in [6.45, 7) is 7.76. The minimum atomic E-state index is -0.186. The third-order valence-electron chi connectivity index (χ3n) is 6.11. The highest BCUT2D eigenvalue weighted by Gasteiger charge is 2.30. The fourth-order valence-electron chi connectivity index (χ4n) is 3.86. The molecule has 0 atom stereocenters. The van der Waals surface area contributed by atoms with Gasteiger partial charge in [0.05, 0.1) is 11.3 Å². The number of anilines is 1. The number of nitrogens with zero attached hydrogens (tertiary/aromatic N) is 1. The van der Waals surface area contributed by atoms with Crippen LogP contribution in [0, 0.1) is 5.92 Å². The van der Waals surface area contributed by atoms with Gasteiger partial charge in [0.25, 0.3) is 5.91 Å². The molecule has 0 spiro atoms. The lowest BCUT2D eigenvalue weighted by atomic mass is 10.0. The number of benzene rings is 3. The van der Waals surface area contributed by atoms with Gasteiger partial charge >= 0.3 is 0 Å². The molecule has 0 bridgehead atoms. The molecule has 1 aliphatic rings. The van der Waals surface area contributed by atoms with Gasteiger partial charge in [-0.25, -0.2) is 0 Å². The maximum Gasteiger partial charge on any atom is 0.253 e. The number of carbonyl (C=O) groups is 2. The first kappa shape index (κ1) is 22.0. The predicted octanol–water partition coefficient (Wildman–Crippen LogP) is 4.96. The van der Waals surface area contributed by atoms with E-state index in [-0.39, 0.29) is 17.7 Å². The van der Waals surface area contributed by atoms with Crippen molar-refractivity contribution in [2.75, 3.05) is 18.4 Å². The van der Waals surface area contributed by atoms with Crippen LogP contribution >= 0.6 is 0 Å². The zero-order valence-corrected chi connectivity index (χ0v) is 18.9. The van der Waals surface area contributed by atoms with Gasteiger partial charge in [-0.15, -0.1) is 0 Å². The van der Waals surface area contributed by atoms with E-state index in [0.29, 0.717) is 17.8 Å². The number of rotatable bonds is 9. The van der Waals surface area contributed by atoms with Crippen LogP contribution < -0.4 is 10.6 Å². The van der Waals surface area contributed by atoms with Crippen molar-refractivity contribution in [1.29, 1.82) is 0 Å². The summed E-state index contributed by atoms with van der Waals surface area (Å²) in [5, 5.41) is 7.97. The summed E-state index contributed by atoms with van der Waals surface area (Å²) in [6.07, 6.45) is 1.84. The molecular weight excluding hydrogens is 398 g/mol. The van der Waals surface area contributed by atoms with E-state index in [1.165, 1.54) is 5.56 Å². The lowest BCUT2D eigenvalue weighted by Gasteiger charge is -2.18. The number of hydrogen-bond donors (Lipinski definition) is 2. The van der Waals surface area contributed by atoms with E-state index in [4.69, 9.17) is 0 Å². The van der Waals surface area contributed by atoms with Crippen molar-refractivity contribution >= 4 is 28.3 Å². The monoisotopic (exact) mass is 429 g/mol. The predicted molar refractivity (Wildman–Crippen MR) is 130 cm³/mol. The number of hydrogen-bond acceptors (Lipinski definition) is 3. The SMILES string of the molecule is CCN(CC)Cc1ccc(CNC(=O)c2cc3ccccc3cc2NC(=O)C2CC2)cc1. The smallest absolute Gasteiger partial charge is 0.253 e. The third-order valence-corrected chi connectivity index (χ3v) is 6.11. The molecule has 1 aliphatic carbocycles. The maximum atomic E-state index is 13.1. The van der Waals surface area contributed by atoms with Crippen molar-refractivity contribution in [3.05, 3.63) is 77.4 Å². The average Bonchev–Trinajstić information content (AvgIpc) is 3.67.